The summed E-state index contributed by atoms with van der Waals surface area (Å²) in [5.74, 6) is 0. The highest BCUT2D eigenvalue weighted by Crippen LogP contribution is 2.13. The van der Waals surface area contributed by atoms with Gasteiger partial charge in [0.1, 0.15) is 0 Å². The minimum absolute atomic E-state index is 0.876. The third kappa shape index (κ3) is 1.60. The molecule has 0 saturated carbocycles. The molecule has 0 unspecified atom stereocenters. The fourth-order valence-electron chi connectivity index (χ4n) is 1.82. The molecule has 1 aromatic heterocycles. The Labute approximate surface area is 94.0 Å². The van der Waals surface area contributed by atoms with Crippen molar-refractivity contribution in [2.45, 2.75) is 12.8 Å². The summed E-state index contributed by atoms with van der Waals surface area (Å²) in [5.41, 5.74) is 3.98. The number of hydrogen-bond acceptors (Lipinski definition) is 3. The van der Waals surface area contributed by atoms with Crippen molar-refractivity contribution < 1.29 is 0 Å². The molecule has 0 saturated heterocycles. The molecule has 0 bridgehead atoms. The lowest BCUT2D eigenvalue weighted by molar-refractivity contribution is 1.23. The second kappa shape index (κ2) is 3.85. The Kier molecular flexibility index (Phi) is 2.22. The van der Waals surface area contributed by atoms with Crippen LogP contribution in [0.1, 0.15) is 24.2 Å². The van der Waals surface area contributed by atoms with Crippen molar-refractivity contribution in [1.82, 2.24) is 4.98 Å². The van der Waals surface area contributed by atoms with Crippen LogP contribution in [0.2, 0.25) is 0 Å². The van der Waals surface area contributed by atoms with Gasteiger partial charge in [-0.25, -0.2) is 4.98 Å². The highest BCUT2D eigenvalue weighted by atomic mass is 14.8. The van der Waals surface area contributed by atoms with Gasteiger partial charge in [0.2, 0.25) is 0 Å². The summed E-state index contributed by atoms with van der Waals surface area (Å²) >= 11 is 0. The number of pyridine rings is 1. The number of aromatic nitrogens is 1. The zero-order valence-corrected chi connectivity index (χ0v) is 8.80. The van der Waals surface area contributed by atoms with Crippen LogP contribution in [-0.2, 0) is 0 Å². The van der Waals surface area contributed by atoms with Gasteiger partial charge >= 0.3 is 0 Å². The minimum atomic E-state index is 0.876. The molecule has 0 aromatic carbocycles. The zero-order valence-electron chi connectivity index (χ0n) is 8.80. The van der Waals surface area contributed by atoms with E-state index in [1.165, 1.54) is 0 Å². The van der Waals surface area contributed by atoms with Crippen molar-refractivity contribution in [2.75, 3.05) is 0 Å². The Morgan fingerprint density at radius 2 is 1.38 bits per heavy atom. The molecular formula is C13H11N3. The number of aliphatic imine (C=N–C) groups is 2. The summed E-state index contributed by atoms with van der Waals surface area (Å²) in [4.78, 5) is 13.2. The van der Waals surface area contributed by atoms with Gasteiger partial charge in [0.25, 0.3) is 0 Å². The summed E-state index contributed by atoms with van der Waals surface area (Å²) in [7, 11) is 0. The van der Waals surface area contributed by atoms with E-state index >= 15 is 0 Å². The van der Waals surface area contributed by atoms with Gasteiger partial charge in [0, 0.05) is 25.2 Å². The van der Waals surface area contributed by atoms with Gasteiger partial charge in [-0.05, 0) is 12.1 Å². The predicted octanol–water partition coefficient (Wildman–Crippen LogP) is 2.49. The second-order valence-corrected chi connectivity index (χ2v) is 3.74. The van der Waals surface area contributed by atoms with Crippen LogP contribution in [0.5, 0.6) is 0 Å². The van der Waals surface area contributed by atoms with Crippen molar-refractivity contribution >= 4 is 11.4 Å². The van der Waals surface area contributed by atoms with Crippen molar-refractivity contribution in [3.63, 3.8) is 0 Å². The quantitative estimate of drug-likeness (QED) is 0.737. The van der Waals surface area contributed by atoms with E-state index in [-0.39, 0.29) is 0 Å². The molecule has 0 aliphatic carbocycles. The Morgan fingerprint density at radius 1 is 0.812 bits per heavy atom. The van der Waals surface area contributed by atoms with E-state index in [1.807, 2.05) is 42.8 Å². The van der Waals surface area contributed by atoms with Gasteiger partial charge in [0.15, 0.2) is 0 Å². The molecule has 0 amide bonds. The van der Waals surface area contributed by atoms with Crippen molar-refractivity contribution in [3.05, 3.63) is 54.1 Å². The van der Waals surface area contributed by atoms with Crippen LogP contribution in [0.3, 0.4) is 0 Å². The Bertz CT molecular complexity index is 491. The normalized spacial score (nSPS) is 17.8. The lowest BCUT2D eigenvalue weighted by Crippen LogP contribution is -2.06. The van der Waals surface area contributed by atoms with Crippen LogP contribution >= 0.6 is 0 Å². The van der Waals surface area contributed by atoms with E-state index in [0.717, 1.165) is 35.7 Å². The number of rotatable bonds is 2. The average molecular weight is 209 g/mol. The van der Waals surface area contributed by atoms with Gasteiger partial charge in [-0.2, -0.15) is 0 Å². The molecule has 3 heteroatoms. The Hall–Kier alpha value is -2.03. The summed E-state index contributed by atoms with van der Waals surface area (Å²) in [6.07, 6.45) is 9.50. The van der Waals surface area contributed by atoms with E-state index in [1.54, 1.807) is 0 Å². The molecule has 3 nitrogen and oxygen atoms in total. The summed E-state index contributed by atoms with van der Waals surface area (Å²) in [6, 6.07) is 6.01. The van der Waals surface area contributed by atoms with Gasteiger partial charge in [-0.3, -0.25) is 9.98 Å². The van der Waals surface area contributed by atoms with Crippen molar-refractivity contribution in [3.8, 4) is 0 Å². The zero-order chi connectivity index (χ0) is 10.8. The van der Waals surface area contributed by atoms with Crippen LogP contribution in [0.15, 0.2) is 52.7 Å². The van der Waals surface area contributed by atoms with Crippen LogP contribution in [0, 0.1) is 0 Å². The largest absolute Gasteiger partial charge is 0.259 e. The topological polar surface area (TPSA) is 37.6 Å². The highest BCUT2D eigenvalue weighted by molar-refractivity contribution is 6.04. The SMILES string of the molecule is C1=CN=C(c2cccc(C3=NC=CC3)n2)C1. The predicted molar refractivity (Wildman–Crippen MR) is 64.8 cm³/mol. The third-order valence-corrected chi connectivity index (χ3v) is 2.63. The van der Waals surface area contributed by atoms with Crippen molar-refractivity contribution in [1.29, 1.82) is 0 Å². The fourth-order valence-corrected chi connectivity index (χ4v) is 1.82. The first kappa shape index (κ1) is 9.21. The number of nitrogens with zero attached hydrogens (tertiary/aromatic N) is 3. The summed E-state index contributed by atoms with van der Waals surface area (Å²) in [6.45, 7) is 0. The van der Waals surface area contributed by atoms with Crippen LogP contribution in [0.4, 0.5) is 0 Å². The molecule has 0 radical (unpaired) electrons. The highest BCUT2D eigenvalue weighted by Gasteiger charge is 2.10. The molecule has 0 atom stereocenters. The standard InChI is InChI=1S/C13H11N3/c1-4-12(10-6-2-8-14-10)16-13(5-1)11-7-3-9-15-11/h1-5,8-9H,6-7H2. The molecule has 2 aliphatic rings. The molecule has 0 N–H and O–H groups in total. The monoisotopic (exact) mass is 209 g/mol. The van der Waals surface area contributed by atoms with Gasteiger partial charge in [0.05, 0.1) is 22.8 Å². The summed E-state index contributed by atoms with van der Waals surface area (Å²) in [5, 5.41) is 0. The van der Waals surface area contributed by atoms with Crippen LogP contribution in [0.25, 0.3) is 0 Å². The first-order valence-electron chi connectivity index (χ1n) is 5.35. The van der Waals surface area contributed by atoms with E-state index in [2.05, 4.69) is 15.0 Å². The van der Waals surface area contributed by atoms with Gasteiger partial charge in [-0.1, -0.05) is 18.2 Å². The Balaban J connectivity index is 1.94. The van der Waals surface area contributed by atoms with Gasteiger partial charge in [-0.15, -0.1) is 0 Å². The molecule has 3 rings (SSSR count). The summed E-state index contributed by atoms with van der Waals surface area (Å²) < 4.78 is 0. The molecule has 2 aliphatic heterocycles. The second-order valence-electron chi connectivity index (χ2n) is 3.74. The van der Waals surface area contributed by atoms with E-state index in [0.29, 0.717) is 0 Å². The Morgan fingerprint density at radius 3 is 1.81 bits per heavy atom. The molecule has 1 aromatic rings. The molecule has 0 fully saturated rings. The number of hydrogen-bond donors (Lipinski definition) is 0. The molecule has 78 valence electrons. The third-order valence-electron chi connectivity index (χ3n) is 2.63. The molecular weight excluding hydrogens is 198 g/mol. The minimum Gasteiger partial charge on any atom is -0.259 e. The lowest BCUT2D eigenvalue weighted by atomic mass is 10.1. The average Bonchev–Trinajstić information content (AvgIpc) is 3.03. The first-order valence-corrected chi connectivity index (χ1v) is 5.35. The van der Waals surface area contributed by atoms with E-state index in [4.69, 9.17) is 0 Å². The molecule has 16 heavy (non-hydrogen) atoms. The maximum Gasteiger partial charge on any atom is 0.0855 e. The van der Waals surface area contributed by atoms with Crippen molar-refractivity contribution in [2.24, 2.45) is 9.98 Å². The fraction of sp³-hybridized carbons (Fsp3) is 0.154. The number of allylic oxidation sites excluding steroid dienone is 2. The van der Waals surface area contributed by atoms with E-state index < -0.39 is 0 Å². The maximum absolute atomic E-state index is 4.60. The smallest absolute Gasteiger partial charge is 0.0855 e. The molecule has 3 heterocycles. The molecule has 0 spiro atoms. The van der Waals surface area contributed by atoms with E-state index in [9.17, 15) is 0 Å². The first-order chi connectivity index (χ1) is 7.93. The maximum atomic E-state index is 4.60. The van der Waals surface area contributed by atoms with Crippen LogP contribution < -0.4 is 0 Å². The lowest BCUT2D eigenvalue weighted by Gasteiger charge is -2.03. The van der Waals surface area contributed by atoms with Gasteiger partial charge < -0.3 is 0 Å². The van der Waals surface area contributed by atoms with Crippen LogP contribution in [-0.4, -0.2) is 16.4 Å².